The largest absolute Gasteiger partial charge is 0.465 e. The second-order valence-electron chi connectivity index (χ2n) is 10.5. The highest BCUT2D eigenvalue weighted by atomic mass is 16.6. The Bertz CT molecular complexity index is 937. The van der Waals surface area contributed by atoms with E-state index in [4.69, 9.17) is 18.9 Å². The summed E-state index contributed by atoms with van der Waals surface area (Å²) in [7, 11) is 0. The number of esters is 4. The first kappa shape index (κ1) is 22.2. The van der Waals surface area contributed by atoms with Gasteiger partial charge in [-0.05, 0) is 45.4 Å². The van der Waals surface area contributed by atoms with Gasteiger partial charge in [-0.1, -0.05) is 13.2 Å². The number of ether oxygens (including phenoxy) is 4. The Labute approximate surface area is 192 Å². The molecule has 0 radical (unpaired) electrons. The third kappa shape index (κ3) is 3.58. The monoisotopic (exact) mass is 458 g/mol. The fourth-order valence-electron chi connectivity index (χ4n) is 6.94. The molecule has 4 saturated carbocycles. The minimum Gasteiger partial charge on any atom is -0.465 e. The number of carbonyl (C=O) groups excluding carboxylic acids is 4. The molecule has 0 aromatic carbocycles. The maximum Gasteiger partial charge on any atom is 0.333 e. The van der Waals surface area contributed by atoms with Gasteiger partial charge in [0.15, 0.2) is 0 Å². The molecule has 10 atom stereocenters. The molecule has 33 heavy (non-hydrogen) atoms. The Hall–Kier alpha value is -2.64. The highest BCUT2D eigenvalue weighted by molar-refractivity contribution is 5.87. The number of hydrogen-bond acceptors (Lipinski definition) is 8. The van der Waals surface area contributed by atoms with E-state index in [1.54, 1.807) is 13.8 Å². The van der Waals surface area contributed by atoms with Crippen molar-refractivity contribution in [3.05, 3.63) is 24.3 Å². The van der Waals surface area contributed by atoms with Crippen LogP contribution in [0, 0.1) is 41.4 Å². The second kappa shape index (κ2) is 7.99. The summed E-state index contributed by atoms with van der Waals surface area (Å²) < 4.78 is 21.2. The number of hydrogen-bond donors (Lipinski definition) is 0. The molecule has 6 rings (SSSR count). The molecule has 4 aliphatic carbocycles. The van der Waals surface area contributed by atoms with Gasteiger partial charge >= 0.3 is 23.9 Å². The van der Waals surface area contributed by atoms with Crippen LogP contribution in [0.1, 0.15) is 39.5 Å². The van der Waals surface area contributed by atoms with Gasteiger partial charge in [-0.25, -0.2) is 9.59 Å². The van der Waals surface area contributed by atoms with E-state index in [-0.39, 0.29) is 65.9 Å². The van der Waals surface area contributed by atoms with Crippen molar-refractivity contribution < 1.29 is 38.1 Å². The maximum absolute atomic E-state index is 11.6. The van der Waals surface area contributed by atoms with Crippen LogP contribution in [0.3, 0.4) is 0 Å². The van der Waals surface area contributed by atoms with Crippen LogP contribution in [0.2, 0.25) is 0 Å². The molecule has 8 heteroatoms. The van der Waals surface area contributed by atoms with E-state index in [9.17, 15) is 19.2 Å². The molecular weight excluding hydrogens is 428 g/mol. The molecule has 0 amide bonds. The van der Waals surface area contributed by atoms with Gasteiger partial charge in [0.05, 0.1) is 18.4 Å². The standard InChI is InChI=1S/C13H16O4.C12H14O4/c1-6(2)12(14)17-10-4-7-3-8(10)11-9(7)5-16-13(11)15;1-5(2)11(13)15-9-6-3-7-8(4-6)12(14)16-10(7)9/h7-11H,1,3-5H2,2H3;6-10H,1,3-4H2,2H3. The SMILES string of the molecule is C=C(C)C(=O)OC1C2CC3C(=O)OC1C3C2.C=C(C)C(=O)OC1CC2CC1C1C(=O)OCC21. The van der Waals surface area contributed by atoms with Gasteiger partial charge in [0, 0.05) is 34.8 Å². The third-order valence-corrected chi connectivity index (χ3v) is 8.42. The average molecular weight is 459 g/mol. The van der Waals surface area contributed by atoms with Gasteiger partial charge in [0.25, 0.3) is 0 Å². The van der Waals surface area contributed by atoms with E-state index >= 15 is 0 Å². The first-order chi connectivity index (χ1) is 15.7. The van der Waals surface area contributed by atoms with Gasteiger partial charge in [-0.15, -0.1) is 0 Å². The molecule has 2 saturated heterocycles. The van der Waals surface area contributed by atoms with Crippen LogP contribution >= 0.6 is 0 Å². The third-order valence-electron chi connectivity index (χ3n) is 8.42. The lowest BCUT2D eigenvalue weighted by molar-refractivity contribution is -0.158. The Morgan fingerprint density at radius 2 is 1.52 bits per heavy atom. The van der Waals surface area contributed by atoms with Crippen molar-refractivity contribution in [3.8, 4) is 0 Å². The summed E-state index contributed by atoms with van der Waals surface area (Å²) in [4.78, 5) is 46.1. The quantitative estimate of drug-likeness (QED) is 0.359. The maximum atomic E-state index is 11.6. The number of cyclic esters (lactones) is 1. The normalized spacial score (nSPS) is 42.7. The Balaban J connectivity index is 0.000000139. The van der Waals surface area contributed by atoms with E-state index in [1.807, 2.05) is 0 Å². The van der Waals surface area contributed by atoms with Gasteiger partial charge in [-0.2, -0.15) is 0 Å². The summed E-state index contributed by atoms with van der Waals surface area (Å²) in [6.07, 6.45) is 3.09. The first-order valence-electron chi connectivity index (χ1n) is 11.8. The zero-order valence-corrected chi connectivity index (χ0v) is 19.0. The molecule has 8 nitrogen and oxygen atoms in total. The summed E-state index contributed by atoms with van der Waals surface area (Å²) in [5, 5.41) is 0. The minimum absolute atomic E-state index is 0.0309. The minimum atomic E-state index is -0.378. The molecule has 6 aliphatic rings. The zero-order chi connectivity index (χ0) is 23.6. The molecular formula is C25H30O8. The van der Waals surface area contributed by atoms with E-state index in [0.29, 0.717) is 35.5 Å². The van der Waals surface area contributed by atoms with E-state index < -0.39 is 0 Å². The van der Waals surface area contributed by atoms with E-state index in [0.717, 1.165) is 25.7 Å². The van der Waals surface area contributed by atoms with Gasteiger partial charge in [0.2, 0.25) is 0 Å². The fourth-order valence-corrected chi connectivity index (χ4v) is 6.94. The van der Waals surface area contributed by atoms with Crippen LogP contribution in [0.4, 0.5) is 0 Å². The van der Waals surface area contributed by atoms with Crippen molar-refractivity contribution >= 4 is 23.9 Å². The molecule has 178 valence electrons. The highest BCUT2D eigenvalue weighted by Crippen LogP contribution is 2.56. The van der Waals surface area contributed by atoms with Crippen LogP contribution in [0.15, 0.2) is 24.3 Å². The predicted molar refractivity (Wildman–Crippen MR) is 113 cm³/mol. The molecule has 2 aliphatic heterocycles. The van der Waals surface area contributed by atoms with Crippen LogP contribution in [-0.2, 0) is 38.1 Å². The summed E-state index contributed by atoms with van der Waals surface area (Å²) in [6, 6.07) is 0. The average Bonchev–Trinajstić information content (AvgIpc) is 3.56. The van der Waals surface area contributed by atoms with Crippen LogP contribution in [0.25, 0.3) is 0 Å². The van der Waals surface area contributed by atoms with E-state index in [1.165, 1.54) is 0 Å². The lowest BCUT2D eigenvalue weighted by Crippen LogP contribution is -2.36. The molecule has 4 bridgehead atoms. The summed E-state index contributed by atoms with van der Waals surface area (Å²) in [5.41, 5.74) is 0.807. The lowest BCUT2D eigenvalue weighted by Gasteiger charge is -2.28. The molecule has 10 unspecified atom stereocenters. The van der Waals surface area contributed by atoms with Crippen molar-refractivity contribution in [1.82, 2.24) is 0 Å². The second-order valence-corrected chi connectivity index (χ2v) is 10.5. The fraction of sp³-hybridized carbons (Fsp3) is 0.680. The van der Waals surface area contributed by atoms with E-state index in [2.05, 4.69) is 13.2 Å². The van der Waals surface area contributed by atoms with Crippen molar-refractivity contribution in [3.63, 3.8) is 0 Å². The highest BCUT2D eigenvalue weighted by Gasteiger charge is 2.63. The Morgan fingerprint density at radius 3 is 2.21 bits per heavy atom. The molecule has 0 spiro atoms. The van der Waals surface area contributed by atoms with Gasteiger partial charge in [0.1, 0.15) is 18.3 Å². The summed E-state index contributed by atoms with van der Waals surface area (Å²) in [6.45, 7) is 11.0. The van der Waals surface area contributed by atoms with Crippen molar-refractivity contribution in [2.24, 2.45) is 41.4 Å². The molecule has 2 heterocycles. The Kier molecular flexibility index (Phi) is 5.37. The van der Waals surface area contributed by atoms with Crippen LogP contribution < -0.4 is 0 Å². The van der Waals surface area contributed by atoms with Crippen molar-refractivity contribution in [2.75, 3.05) is 6.61 Å². The predicted octanol–water partition coefficient (Wildman–Crippen LogP) is 2.36. The number of carbonyl (C=O) groups is 4. The number of fused-ring (bicyclic) bond motifs is 6. The molecule has 0 aromatic rings. The number of rotatable bonds is 4. The molecule has 0 N–H and O–H groups in total. The van der Waals surface area contributed by atoms with Gasteiger partial charge < -0.3 is 18.9 Å². The van der Waals surface area contributed by atoms with Crippen molar-refractivity contribution in [2.45, 2.75) is 57.8 Å². The zero-order valence-electron chi connectivity index (χ0n) is 19.0. The van der Waals surface area contributed by atoms with Gasteiger partial charge in [-0.3, -0.25) is 9.59 Å². The summed E-state index contributed by atoms with van der Waals surface area (Å²) in [5.74, 6) is 0.712. The van der Waals surface area contributed by atoms with Crippen molar-refractivity contribution in [1.29, 1.82) is 0 Å². The summed E-state index contributed by atoms with van der Waals surface area (Å²) >= 11 is 0. The lowest BCUT2D eigenvalue weighted by atomic mass is 9.80. The molecule has 0 aromatic heterocycles. The Morgan fingerprint density at radius 1 is 0.848 bits per heavy atom. The van der Waals surface area contributed by atoms with Crippen LogP contribution in [-0.4, -0.2) is 48.8 Å². The van der Waals surface area contributed by atoms with Crippen LogP contribution in [0.5, 0.6) is 0 Å². The topological polar surface area (TPSA) is 105 Å². The first-order valence-corrected chi connectivity index (χ1v) is 11.8. The smallest absolute Gasteiger partial charge is 0.333 e. The molecule has 6 fully saturated rings.